The van der Waals surface area contributed by atoms with Crippen molar-refractivity contribution < 1.29 is 13.0 Å². The molecule has 7 nitrogen and oxygen atoms in total. The monoisotopic (exact) mass is 338 g/mol. The van der Waals surface area contributed by atoms with Crippen molar-refractivity contribution in [1.82, 2.24) is 0 Å². The van der Waals surface area contributed by atoms with Gasteiger partial charge in [-0.1, -0.05) is 13.8 Å². The number of nitrogens with two attached hydrogens (primary N) is 4. The highest BCUT2D eigenvalue weighted by Gasteiger charge is 2.13. The SMILES string of the molecule is CC(C)c1cc(N)ccc1N.Nc1ccc(N)c(S(=O)(=O)O)c1. The Balaban J connectivity index is 0.000000231. The van der Waals surface area contributed by atoms with Crippen LogP contribution >= 0.6 is 0 Å². The molecule has 0 heterocycles. The molecule has 0 aliphatic rings. The molecule has 0 aliphatic carbocycles. The predicted molar refractivity (Wildman–Crippen MR) is 94.4 cm³/mol. The summed E-state index contributed by atoms with van der Waals surface area (Å²) in [7, 11) is -4.26. The van der Waals surface area contributed by atoms with E-state index in [2.05, 4.69) is 13.8 Å². The Morgan fingerprint density at radius 1 is 0.870 bits per heavy atom. The van der Waals surface area contributed by atoms with Crippen molar-refractivity contribution in [3.63, 3.8) is 0 Å². The average molecular weight is 338 g/mol. The second-order valence-electron chi connectivity index (χ2n) is 5.32. The van der Waals surface area contributed by atoms with Gasteiger partial charge in [0.15, 0.2) is 0 Å². The van der Waals surface area contributed by atoms with Gasteiger partial charge in [0, 0.05) is 17.1 Å². The zero-order valence-electron chi connectivity index (χ0n) is 13.0. The van der Waals surface area contributed by atoms with Gasteiger partial charge >= 0.3 is 0 Å². The molecule has 0 aliphatic heterocycles. The molecule has 0 bridgehead atoms. The number of rotatable bonds is 2. The minimum absolute atomic E-state index is 0.0216. The molecule has 0 unspecified atom stereocenters. The normalized spacial score (nSPS) is 11.0. The summed E-state index contributed by atoms with van der Waals surface area (Å²) >= 11 is 0. The van der Waals surface area contributed by atoms with E-state index in [1.807, 2.05) is 18.2 Å². The topological polar surface area (TPSA) is 158 Å². The molecule has 0 aromatic heterocycles. The zero-order valence-corrected chi connectivity index (χ0v) is 13.8. The van der Waals surface area contributed by atoms with Crippen molar-refractivity contribution in [3.8, 4) is 0 Å². The van der Waals surface area contributed by atoms with Crippen molar-refractivity contribution in [1.29, 1.82) is 0 Å². The van der Waals surface area contributed by atoms with Crippen molar-refractivity contribution >= 4 is 32.9 Å². The molecule has 126 valence electrons. The third kappa shape index (κ3) is 5.35. The largest absolute Gasteiger partial charge is 0.399 e. The van der Waals surface area contributed by atoms with Crippen LogP contribution in [0.4, 0.5) is 22.7 Å². The highest BCUT2D eigenvalue weighted by atomic mass is 32.2. The number of nitrogen functional groups attached to an aromatic ring is 4. The molecule has 0 amide bonds. The van der Waals surface area contributed by atoms with Crippen LogP contribution in [0.1, 0.15) is 25.3 Å². The number of benzene rings is 2. The lowest BCUT2D eigenvalue weighted by Crippen LogP contribution is -2.03. The fourth-order valence-electron chi connectivity index (χ4n) is 1.87. The van der Waals surface area contributed by atoms with Gasteiger partial charge in [-0.25, -0.2) is 0 Å². The Morgan fingerprint density at radius 2 is 1.35 bits per heavy atom. The Labute approximate surface area is 136 Å². The van der Waals surface area contributed by atoms with Gasteiger partial charge < -0.3 is 22.9 Å². The first-order valence-electron chi connectivity index (χ1n) is 6.79. The van der Waals surface area contributed by atoms with Crippen LogP contribution in [0.5, 0.6) is 0 Å². The summed E-state index contributed by atoms with van der Waals surface area (Å²) in [5.41, 5.74) is 24.9. The van der Waals surface area contributed by atoms with E-state index >= 15 is 0 Å². The minimum Gasteiger partial charge on any atom is -0.399 e. The molecule has 0 saturated heterocycles. The lowest BCUT2D eigenvalue weighted by molar-refractivity contribution is 0.483. The van der Waals surface area contributed by atoms with E-state index in [1.54, 1.807) is 0 Å². The van der Waals surface area contributed by atoms with Crippen molar-refractivity contribution in [2.75, 3.05) is 22.9 Å². The van der Waals surface area contributed by atoms with E-state index in [9.17, 15) is 8.42 Å². The van der Waals surface area contributed by atoms with E-state index in [0.717, 1.165) is 23.0 Å². The standard InChI is InChI=1S/C9H14N2.C6H8N2O3S/c1-6(2)8-5-7(10)3-4-9(8)11;7-4-1-2-5(8)6(3-4)12(9,10)11/h3-6H,10-11H2,1-2H3;1-3H,7-8H2,(H,9,10,11). The lowest BCUT2D eigenvalue weighted by atomic mass is 10.0. The highest BCUT2D eigenvalue weighted by molar-refractivity contribution is 7.86. The first kappa shape index (κ1) is 18.6. The zero-order chi connectivity index (χ0) is 17.8. The Bertz CT molecular complexity index is 789. The number of hydrogen-bond acceptors (Lipinski definition) is 6. The van der Waals surface area contributed by atoms with E-state index in [1.165, 1.54) is 12.1 Å². The summed E-state index contributed by atoms with van der Waals surface area (Å²) < 4.78 is 29.9. The summed E-state index contributed by atoms with van der Waals surface area (Å²) in [5, 5.41) is 0. The van der Waals surface area contributed by atoms with E-state index in [-0.39, 0.29) is 16.3 Å². The maximum Gasteiger partial charge on any atom is 0.296 e. The molecule has 2 aromatic rings. The molecule has 0 radical (unpaired) electrons. The van der Waals surface area contributed by atoms with Crippen LogP contribution in [0.3, 0.4) is 0 Å². The van der Waals surface area contributed by atoms with E-state index in [4.69, 9.17) is 27.5 Å². The highest BCUT2D eigenvalue weighted by Crippen LogP contribution is 2.23. The maximum atomic E-state index is 10.6. The smallest absolute Gasteiger partial charge is 0.296 e. The van der Waals surface area contributed by atoms with Gasteiger partial charge in [-0.05, 0) is 47.9 Å². The maximum absolute atomic E-state index is 10.6. The van der Waals surface area contributed by atoms with Crippen LogP contribution in [0.2, 0.25) is 0 Å². The van der Waals surface area contributed by atoms with Crippen molar-refractivity contribution in [2.45, 2.75) is 24.7 Å². The summed E-state index contributed by atoms with van der Waals surface area (Å²) in [4.78, 5) is -0.359. The van der Waals surface area contributed by atoms with Crippen LogP contribution in [-0.2, 0) is 10.1 Å². The van der Waals surface area contributed by atoms with Gasteiger partial charge in [0.1, 0.15) is 4.90 Å². The summed E-state index contributed by atoms with van der Waals surface area (Å²) in [6, 6.07) is 9.47. The molecule has 0 atom stereocenters. The van der Waals surface area contributed by atoms with Gasteiger partial charge in [0.2, 0.25) is 0 Å². The Morgan fingerprint density at radius 3 is 1.74 bits per heavy atom. The lowest BCUT2D eigenvalue weighted by Gasteiger charge is -2.09. The second-order valence-corrected chi connectivity index (χ2v) is 6.71. The number of anilines is 4. The first-order valence-corrected chi connectivity index (χ1v) is 8.23. The van der Waals surface area contributed by atoms with E-state index in [0.29, 0.717) is 5.92 Å². The van der Waals surface area contributed by atoms with Crippen molar-refractivity contribution in [2.24, 2.45) is 0 Å². The Kier molecular flexibility index (Phi) is 5.83. The molecule has 0 saturated carbocycles. The van der Waals surface area contributed by atoms with Crippen molar-refractivity contribution in [3.05, 3.63) is 42.0 Å². The molecule has 23 heavy (non-hydrogen) atoms. The average Bonchev–Trinajstić information content (AvgIpc) is 2.43. The Hall–Kier alpha value is -2.45. The molecular weight excluding hydrogens is 316 g/mol. The molecule has 8 heteroatoms. The third-order valence-corrected chi connectivity index (χ3v) is 3.96. The van der Waals surface area contributed by atoms with Gasteiger partial charge in [-0.2, -0.15) is 8.42 Å². The van der Waals surface area contributed by atoms with Gasteiger partial charge in [0.05, 0.1) is 5.69 Å². The molecule has 0 spiro atoms. The molecule has 2 aromatic carbocycles. The fraction of sp³-hybridized carbons (Fsp3) is 0.200. The second kappa shape index (κ2) is 7.21. The minimum atomic E-state index is -4.26. The summed E-state index contributed by atoms with van der Waals surface area (Å²) in [6.07, 6.45) is 0. The first-order chi connectivity index (χ1) is 10.5. The quantitative estimate of drug-likeness (QED) is 0.414. The molecular formula is C15H22N4O3S. The van der Waals surface area contributed by atoms with Crippen LogP contribution < -0.4 is 22.9 Å². The van der Waals surface area contributed by atoms with Crippen LogP contribution in [0, 0.1) is 0 Å². The molecule has 0 fully saturated rings. The fourth-order valence-corrected chi connectivity index (χ4v) is 2.52. The van der Waals surface area contributed by atoms with Crippen LogP contribution in [0.15, 0.2) is 41.3 Å². The van der Waals surface area contributed by atoms with Crippen LogP contribution in [-0.4, -0.2) is 13.0 Å². The predicted octanol–water partition coefficient (Wildman–Crippen LogP) is 2.07. The summed E-state index contributed by atoms with van der Waals surface area (Å²) in [5.74, 6) is 0.443. The van der Waals surface area contributed by atoms with Gasteiger partial charge in [-0.15, -0.1) is 0 Å². The third-order valence-electron chi connectivity index (χ3n) is 3.05. The van der Waals surface area contributed by atoms with Gasteiger partial charge in [0.25, 0.3) is 10.1 Å². The number of hydrogen-bond donors (Lipinski definition) is 5. The molecule has 9 N–H and O–H groups in total. The molecule has 2 rings (SSSR count). The van der Waals surface area contributed by atoms with Gasteiger partial charge in [-0.3, -0.25) is 4.55 Å². The van der Waals surface area contributed by atoms with E-state index < -0.39 is 10.1 Å². The summed E-state index contributed by atoms with van der Waals surface area (Å²) in [6.45, 7) is 4.20. The van der Waals surface area contributed by atoms with Crippen LogP contribution in [0.25, 0.3) is 0 Å².